The maximum absolute atomic E-state index is 13.1. The topological polar surface area (TPSA) is 120 Å². The summed E-state index contributed by atoms with van der Waals surface area (Å²) in [6, 6.07) is 5.25. The van der Waals surface area contributed by atoms with Crippen LogP contribution in [-0.2, 0) is 11.3 Å². The Hall–Kier alpha value is -3.49. The van der Waals surface area contributed by atoms with Gasteiger partial charge in [-0.1, -0.05) is 26.7 Å². The summed E-state index contributed by atoms with van der Waals surface area (Å²) in [5.74, 6) is 0.747. The van der Waals surface area contributed by atoms with Crippen LogP contribution in [0.5, 0.6) is 11.5 Å². The van der Waals surface area contributed by atoms with Gasteiger partial charge < -0.3 is 20.1 Å². The molecule has 0 radical (unpaired) electrons. The number of ether oxygens (including phenoxy) is 2. The zero-order valence-electron chi connectivity index (χ0n) is 19.1. The first-order valence-corrected chi connectivity index (χ1v) is 10.7. The van der Waals surface area contributed by atoms with E-state index in [4.69, 9.17) is 15.2 Å². The predicted octanol–water partition coefficient (Wildman–Crippen LogP) is 2.78. The summed E-state index contributed by atoms with van der Waals surface area (Å²) >= 11 is 0. The molecule has 0 atom stereocenters. The molecule has 0 aliphatic rings. The Balaban J connectivity index is 2.46. The average Bonchev–Trinajstić information content (AvgIpc) is 2.78. The maximum Gasteiger partial charge on any atom is 0.330 e. The molecule has 2 rings (SSSR count). The standard InChI is InChI=1S/C23H32N4O5/c1-5-7-11-26(20-21(24)27(12-8-6-2)23(30)25-22(20)29)19(28)10-9-16-13-17(31-3)15-18(14-16)32-4/h9-10,13-15H,5-8,11-12,24H2,1-4H3,(H,25,29,30)/b10-9+. The summed E-state index contributed by atoms with van der Waals surface area (Å²) in [6.07, 6.45) is 6.03. The van der Waals surface area contributed by atoms with Gasteiger partial charge in [0.1, 0.15) is 17.3 Å². The third-order valence-electron chi connectivity index (χ3n) is 5.01. The van der Waals surface area contributed by atoms with Gasteiger partial charge >= 0.3 is 5.69 Å². The van der Waals surface area contributed by atoms with Crippen molar-refractivity contribution in [1.29, 1.82) is 0 Å². The molecular formula is C23H32N4O5. The number of aromatic amines is 1. The highest BCUT2D eigenvalue weighted by atomic mass is 16.5. The first kappa shape index (κ1) is 24.8. The van der Waals surface area contributed by atoms with Crippen molar-refractivity contribution in [3.8, 4) is 11.5 Å². The van der Waals surface area contributed by atoms with Gasteiger partial charge in [-0.2, -0.15) is 0 Å². The van der Waals surface area contributed by atoms with Gasteiger partial charge in [0.05, 0.1) is 14.2 Å². The lowest BCUT2D eigenvalue weighted by molar-refractivity contribution is -0.114. The summed E-state index contributed by atoms with van der Waals surface area (Å²) in [5, 5.41) is 0. The van der Waals surface area contributed by atoms with Crippen LogP contribution in [0, 0.1) is 0 Å². The maximum atomic E-state index is 13.1. The molecule has 0 bridgehead atoms. The number of aromatic nitrogens is 2. The molecule has 1 heterocycles. The Labute approximate surface area is 187 Å². The highest BCUT2D eigenvalue weighted by molar-refractivity contribution is 6.05. The number of H-pyrrole nitrogens is 1. The number of nitrogens with two attached hydrogens (primary N) is 1. The number of benzene rings is 1. The largest absolute Gasteiger partial charge is 0.497 e. The van der Waals surface area contributed by atoms with Gasteiger partial charge in [-0.3, -0.25) is 19.1 Å². The molecule has 2 aromatic rings. The van der Waals surface area contributed by atoms with Crippen LogP contribution in [0.1, 0.15) is 45.1 Å². The van der Waals surface area contributed by atoms with E-state index in [0.29, 0.717) is 36.6 Å². The fourth-order valence-corrected chi connectivity index (χ4v) is 3.21. The fourth-order valence-electron chi connectivity index (χ4n) is 3.21. The van der Waals surface area contributed by atoms with Crippen molar-refractivity contribution in [2.45, 2.75) is 46.1 Å². The Kier molecular flexibility index (Phi) is 9.12. The van der Waals surface area contributed by atoms with E-state index >= 15 is 0 Å². The number of hydrogen-bond acceptors (Lipinski definition) is 6. The minimum absolute atomic E-state index is 0.00639. The fraction of sp³-hybridized carbons (Fsp3) is 0.435. The first-order chi connectivity index (χ1) is 15.4. The molecule has 0 saturated heterocycles. The van der Waals surface area contributed by atoms with Gasteiger partial charge in [0.15, 0.2) is 5.69 Å². The summed E-state index contributed by atoms with van der Waals surface area (Å²) in [6.45, 7) is 4.63. The van der Waals surface area contributed by atoms with E-state index in [-0.39, 0.29) is 11.5 Å². The van der Waals surface area contributed by atoms with Crippen LogP contribution < -0.4 is 31.4 Å². The van der Waals surface area contributed by atoms with Gasteiger partial charge in [-0.25, -0.2) is 4.79 Å². The molecule has 1 aromatic heterocycles. The average molecular weight is 445 g/mol. The number of carbonyl (C=O) groups is 1. The van der Waals surface area contributed by atoms with Crippen molar-refractivity contribution in [1.82, 2.24) is 9.55 Å². The Morgan fingerprint density at radius 1 is 1.09 bits per heavy atom. The van der Waals surface area contributed by atoms with Crippen LogP contribution in [0.15, 0.2) is 33.9 Å². The molecule has 1 amide bonds. The molecule has 0 unspecified atom stereocenters. The number of hydrogen-bond donors (Lipinski definition) is 2. The number of nitrogens with one attached hydrogen (secondary N) is 1. The van der Waals surface area contributed by atoms with Crippen molar-refractivity contribution in [3.63, 3.8) is 0 Å². The molecule has 1 aromatic carbocycles. The van der Waals surface area contributed by atoms with E-state index in [9.17, 15) is 14.4 Å². The lowest BCUT2D eigenvalue weighted by Gasteiger charge is -2.23. The number of nitrogen functional groups attached to an aromatic ring is 1. The predicted molar refractivity (Wildman–Crippen MR) is 126 cm³/mol. The van der Waals surface area contributed by atoms with Gasteiger partial charge in [-0.05, 0) is 36.6 Å². The van der Waals surface area contributed by atoms with Gasteiger partial charge in [-0.15, -0.1) is 0 Å². The van der Waals surface area contributed by atoms with Crippen LogP contribution >= 0.6 is 0 Å². The smallest absolute Gasteiger partial charge is 0.330 e. The van der Waals surface area contributed by atoms with Crippen molar-refractivity contribution in [2.75, 3.05) is 31.4 Å². The molecule has 174 valence electrons. The Morgan fingerprint density at radius 2 is 1.72 bits per heavy atom. The lowest BCUT2D eigenvalue weighted by atomic mass is 10.1. The highest BCUT2D eigenvalue weighted by Crippen LogP contribution is 2.24. The van der Waals surface area contributed by atoms with Gasteiger partial charge in [0.25, 0.3) is 11.5 Å². The molecule has 0 aliphatic carbocycles. The van der Waals surface area contributed by atoms with E-state index in [1.807, 2.05) is 13.8 Å². The summed E-state index contributed by atoms with van der Waals surface area (Å²) in [4.78, 5) is 41.6. The number of rotatable bonds is 11. The third-order valence-corrected chi connectivity index (χ3v) is 5.01. The second-order valence-corrected chi connectivity index (χ2v) is 7.32. The van der Waals surface area contributed by atoms with E-state index in [2.05, 4.69) is 4.98 Å². The molecule has 0 spiro atoms. The molecule has 9 heteroatoms. The quantitative estimate of drug-likeness (QED) is 0.514. The van der Waals surface area contributed by atoms with Gasteiger partial charge in [0, 0.05) is 25.2 Å². The summed E-state index contributed by atoms with van der Waals surface area (Å²) in [7, 11) is 3.09. The van der Waals surface area contributed by atoms with E-state index in [1.165, 1.54) is 15.5 Å². The van der Waals surface area contributed by atoms with Gasteiger partial charge in [0.2, 0.25) is 0 Å². The molecule has 0 aliphatic heterocycles. The van der Waals surface area contributed by atoms with Crippen LogP contribution in [0.25, 0.3) is 6.08 Å². The van der Waals surface area contributed by atoms with E-state index in [0.717, 1.165) is 19.3 Å². The number of nitrogens with zero attached hydrogens (tertiary/aromatic N) is 2. The first-order valence-electron chi connectivity index (χ1n) is 10.7. The molecule has 3 N–H and O–H groups in total. The monoisotopic (exact) mass is 444 g/mol. The molecule has 0 fully saturated rings. The van der Waals surface area contributed by atoms with Crippen molar-refractivity contribution >= 4 is 23.5 Å². The number of methoxy groups -OCH3 is 2. The van der Waals surface area contributed by atoms with Crippen molar-refractivity contribution in [2.24, 2.45) is 0 Å². The number of amides is 1. The normalized spacial score (nSPS) is 11.0. The minimum atomic E-state index is -0.679. The lowest BCUT2D eigenvalue weighted by Crippen LogP contribution is -2.41. The zero-order chi connectivity index (χ0) is 23.7. The zero-order valence-corrected chi connectivity index (χ0v) is 19.1. The van der Waals surface area contributed by atoms with E-state index in [1.54, 1.807) is 38.5 Å². The van der Waals surface area contributed by atoms with Crippen LogP contribution in [0.3, 0.4) is 0 Å². The number of carbonyl (C=O) groups excluding carboxylic acids is 1. The molecule has 9 nitrogen and oxygen atoms in total. The molecule has 0 saturated carbocycles. The summed E-state index contributed by atoms with van der Waals surface area (Å²) < 4.78 is 11.8. The highest BCUT2D eigenvalue weighted by Gasteiger charge is 2.22. The van der Waals surface area contributed by atoms with Crippen molar-refractivity contribution < 1.29 is 14.3 Å². The van der Waals surface area contributed by atoms with Crippen LogP contribution in [0.4, 0.5) is 11.5 Å². The Bertz CT molecular complexity index is 1050. The third kappa shape index (κ3) is 6.03. The second-order valence-electron chi connectivity index (χ2n) is 7.32. The second kappa shape index (κ2) is 11.8. The summed E-state index contributed by atoms with van der Waals surface area (Å²) in [5.41, 5.74) is 5.64. The van der Waals surface area contributed by atoms with Crippen molar-refractivity contribution in [3.05, 3.63) is 50.7 Å². The number of unbranched alkanes of at least 4 members (excludes halogenated alkanes) is 2. The minimum Gasteiger partial charge on any atom is -0.497 e. The Morgan fingerprint density at radius 3 is 2.28 bits per heavy atom. The van der Waals surface area contributed by atoms with Crippen LogP contribution in [0.2, 0.25) is 0 Å². The molecule has 32 heavy (non-hydrogen) atoms. The van der Waals surface area contributed by atoms with E-state index < -0.39 is 17.2 Å². The van der Waals surface area contributed by atoms with Crippen LogP contribution in [-0.4, -0.2) is 36.2 Å². The number of anilines is 2. The SMILES string of the molecule is CCCCN(C(=O)/C=C/c1cc(OC)cc(OC)c1)c1c(N)n(CCCC)c(=O)[nH]c1=O. The molecular weight excluding hydrogens is 412 g/mol.